The summed E-state index contributed by atoms with van der Waals surface area (Å²) < 4.78 is 3.83. The van der Waals surface area contributed by atoms with Crippen molar-refractivity contribution in [3.05, 3.63) is 35.9 Å². The molecule has 0 spiro atoms. The van der Waals surface area contributed by atoms with Crippen LogP contribution in [0.3, 0.4) is 0 Å². The van der Waals surface area contributed by atoms with E-state index in [0.717, 1.165) is 56.7 Å². The molecule has 26 heavy (non-hydrogen) atoms. The molecule has 2 aromatic rings. The molecule has 0 bridgehead atoms. The molecule has 0 N–H and O–H groups in total. The highest BCUT2D eigenvalue weighted by atomic mass is 16.2. The summed E-state index contributed by atoms with van der Waals surface area (Å²) in [5.41, 5.74) is 1.77. The van der Waals surface area contributed by atoms with Gasteiger partial charge in [0, 0.05) is 38.1 Å². The third-order valence-corrected chi connectivity index (χ3v) is 5.11. The molecule has 142 valence electrons. The molecule has 0 radical (unpaired) electrons. The fourth-order valence-corrected chi connectivity index (χ4v) is 3.83. The molecule has 1 atom stereocenters. The highest BCUT2D eigenvalue weighted by molar-refractivity contribution is 5.93. The molecule has 1 fully saturated rings. The molecule has 0 aliphatic carbocycles. The molecule has 2 aromatic heterocycles. The Kier molecular flexibility index (Phi) is 6.12. The smallest absolute Gasteiger partial charge is 0.272 e. The second-order valence-corrected chi connectivity index (χ2v) is 7.64. The van der Waals surface area contributed by atoms with Crippen molar-refractivity contribution >= 4 is 5.91 Å². The van der Waals surface area contributed by atoms with Gasteiger partial charge in [-0.15, -0.1) is 0 Å². The van der Waals surface area contributed by atoms with Crippen LogP contribution in [-0.2, 0) is 19.5 Å². The monoisotopic (exact) mass is 357 g/mol. The number of hydrogen-bond donors (Lipinski definition) is 0. The fraction of sp³-hybridized carbons (Fsp3) is 0.650. The Labute approximate surface area is 156 Å². The summed E-state index contributed by atoms with van der Waals surface area (Å²) in [7, 11) is 0. The van der Waals surface area contributed by atoms with Gasteiger partial charge < -0.3 is 4.90 Å². The van der Waals surface area contributed by atoms with E-state index >= 15 is 0 Å². The second kappa shape index (κ2) is 8.52. The summed E-state index contributed by atoms with van der Waals surface area (Å²) in [6.45, 7) is 8.84. The topological polar surface area (TPSA) is 56.0 Å². The lowest BCUT2D eigenvalue weighted by atomic mass is 9.98. The van der Waals surface area contributed by atoms with Crippen LogP contribution in [0.1, 0.15) is 62.6 Å². The maximum absolute atomic E-state index is 13.3. The van der Waals surface area contributed by atoms with Crippen LogP contribution in [-0.4, -0.2) is 43.0 Å². The number of likely N-dealkylation sites (tertiary alicyclic amines) is 1. The predicted molar refractivity (Wildman–Crippen MR) is 102 cm³/mol. The molecule has 0 unspecified atom stereocenters. The van der Waals surface area contributed by atoms with Crippen LogP contribution in [0.15, 0.2) is 24.5 Å². The van der Waals surface area contributed by atoms with Crippen molar-refractivity contribution < 1.29 is 4.79 Å². The molecular formula is C20H31N5O. The van der Waals surface area contributed by atoms with Gasteiger partial charge in [-0.1, -0.05) is 13.8 Å². The lowest BCUT2D eigenvalue weighted by Crippen LogP contribution is -2.44. The largest absolute Gasteiger partial charge is 0.334 e. The molecule has 0 aromatic carbocycles. The first-order valence-corrected chi connectivity index (χ1v) is 9.93. The Bertz CT molecular complexity index is 704. The first-order chi connectivity index (χ1) is 12.6. The van der Waals surface area contributed by atoms with Crippen molar-refractivity contribution in [2.24, 2.45) is 5.92 Å². The highest BCUT2D eigenvalue weighted by Crippen LogP contribution is 2.23. The van der Waals surface area contributed by atoms with Crippen molar-refractivity contribution in [2.45, 2.75) is 72.0 Å². The molecule has 1 aliphatic rings. The van der Waals surface area contributed by atoms with E-state index < -0.39 is 0 Å². The van der Waals surface area contributed by atoms with Crippen LogP contribution in [0.4, 0.5) is 0 Å². The van der Waals surface area contributed by atoms with Crippen molar-refractivity contribution in [3.63, 3.8) is 0 Å². The van der Waals surface area contributed by atoms with Crippen molar-refractivity contribution in [3.8, 4) is 0 Å². The Hall–Kier alpha value is -2.11. The van der Waals surface area contributed by atoms with Gasteiger partial charge in [-0.25, -0.2) is 0 Å². The van der Waals surface area contributed by atoms with Crippen molar-refractivity contribution in [1.29, 1.82) is 0 Å². The number of rotatable bonds is 7. The lowest BCUT2D eigenvalue weighted by molar-refractivity contribution is 0.0581. The van der Waals surface area contributed by atoms with Crippen LogP contribution < -0.4 is 0 Å². The summed E-state index contributed by atoms with van der Waals surface area (Å²) in [6, 6.07) is 4.24. The minimum atomic E-state index is 0.138. The van der Waals surface area contributed by atoms with Crippen molar-refractivity contribution in [1.82, 2.24) is 24.5 Å². The van der Waals surface area contributed by atoms with Crippen LogP contribution >= 0.6 is 0 Å². The number of nitrogens with zero attached hydrogens (tertiary/aromatic N) is 5. The first kappa shape index (κ1) is 18.7. The average molecular weight is 358 g/mol. The number of hydrogen-bond acceptors (Lipinski definition) is 3. The molecule has 1 amide bonds. The standard InChI is InChI=1S/C20H31N5O/c1-4-25-19(15-17(22-25)14-16(2)3)20(26)24-12-6-5-8-18(24)9-13-23-11-7-10-21-23/h7,10-11,15-16,18H,4-6,8-9,12-14H2,1-3H3/t18-/m0/s1. The number of piperidine rings is 1. The highest BCUT2D eigenvalue weighted by Gasteiger charge is 2.29. The molecule has 3 heterocycles. The van der Waals surface area contributed by atoms with E-state index in [1.165, 1.54) is 6.42 Å². The van der Waals surface area contributed by atoms with Gasteiger partial charge in [-0.2, -0.15) is 10.2 Å². The molecule has 6 nitrogen and oxygen atoms in total. The Balaban J connectivity index is 1.74. The summed E-state index contributed by atoms with van der Waals surface area (Å²) in [5, 5.41) is 8.94. The van der Waals surface area contributed by atoms with Crippen LogP contribution in [0.2, 0.25) is 0 Å². The zero-order valence-electron chi connectivity index (χ0n) is 16.3. The number of aromatic nitrogens is 4. The normalized spacial score (nSPS) is 17.8. The quantitative estimate of drug-likeness (QED) is 0.763. The van der Waals surface area contributed by atoms with Gasteiger partial charge in [0.1, 0.15) is 5.69 Å². The first-order valence-electron chi connectivity index (χ1n) is 9.93. The van der Waals surface area contributed by atoms with Crippen LogP contribution in [0, 0.1) is 5.92 Å². The van der Waals surface area contributed by atoms with E-state index in [9.17, 15) is 4.79 Å². The third-order valence-electron chi connectivity index (χ3n) is 5.11. The molecular weight excluding hydrogens is 326 g/mol. The maximum Gasteiger partial charge on any atom is 0.272 e. The summed E-state index contributed by atoms with van der Waals surface area (Å²) in [4.78, 5) is 15.4. The van der Waals surface area contributed by atoms with Crippen LogP contribution in [0.25, 0.3) is 0 Å². The number of amides is 1. The third kappa shape index (κ3) is 4.34. The van der Waals surface area contributed by atoms with Gasteiger partial charge in [-0.05, 0) is 57.1 Å². The zero-order valence-corrected chi connectivity index (χ0v) is 16.3. The van der Waals surface area contributed by atoms with Gasteiger partial charge in [0.05, 0.1) is 5.69 Å². The molecule has 6 heteroatoms. The molecule has 1 saturated heterocycles. The Morgan fingerprint density at radius 3 is 2.88 bits per heavy atom. The van der Waals surface area contributed by atoms with Crippen molar-refractivity contribution in [2.75, 3.05) is 6.54 Å². The fourth-order valence-electron chi connectivity index (χ4n) is 3.83. The Morgan fingerprint density at radius 2 is 2.19 bits per heavy atom. The minimum Gasteiger partial charge on any atom is -0.334 e. The van der Waals surface area contributed by atoms with E-state index in [-0.39, 0.29) is 11.9 Å². The number of aryl methyl sites for hydroxylation is 2. The maximum atomic E-state index is 13.3. The van der Waals surface area contributed by atoms with Gasteiger partial charge in [0.25, 0.3) is 5.91 Å². The summed E-state index contributed by atoms with van der Waals surface area (Å²) in [6.07, 6.45) is 9.01. The SMILES string of the molecule is CCn1nc(CC(C)C)cc1C(=O)N1CCCC[C@H]1CCn1cccn1. The number of carbonyl (C=O) groups excluding carboxylic acids is 1. The Morgan fingerprint density at radius 1 is 1.35 bits per heavy atom. The van der Waals surface area contributed by atoms with Gasteiger partial charge in [-0.3, -0.25) is 14.2 Å². The van der Waals surface area contributed by atoms with E-state index in [2.05, 4.69) is 28.9 Å². The number of carbonyl (C=O) groups is 1. The van der Waals surface area contributed by atoms with E-state index in [0.29, 0.717) is 5.92 Å². The van der Waals surface area contributed by atoms with Gasteiger partial charge >= 0.3 is 0 Å². The van der Waals surface area contributed by atoms with E-state index in [1.54, 1.807) is 6.20 Å². The second-order valence-electron chi connectivity index (χ2n) is 7.64. The zero-order chi connectivity index (χ0) is 18.5. The van der Waals surface area contributed by atoms with E-state index in [4.69, 9.17) is 0 Å². The molecule has 1 aliphatic heterocycles. The van der Waals surface area contributed by atoms with Gasteiger partial charge in [0.2, 0.25) is 0 Å². The summed E-state index contributed by atoms with van der Waals surface area (Å²) >= 11 is 0. The van der Waals surface area contributed by atoms with Crippen LogP contribution in [0.5, 0.6) is 0 Å². The predicted octanol–water partition coefficient (Wildman–Crippen LogP) is 3.38. The summed E-state index contributed by atoms with van der Waals surface area (Å²) in [5.74, 6) is 0.675. The van der Waals surface area contributed by atoms with E-state index in [1.807, 2.05) is 34.6 Å². The molecule has 3 rings (SSSR count). The molecule has 0 saturated carbocycles. The average Bonchev–Trinajstić information content (AvgIpc) is 3.28. The lowest BCUT2D eigenvalue weighted by Gasteiger charge is -2.36. The minimum absolute atomic E-state index is 0.138. The van der Waals surface area contributed by atoms with Gasteiger partial charge in [0.15, 0.2) is 0 Å².